The quantitative estimate of drug-likeness (QED) is 0.879. The van der Waals surface area contributed by atoms with Crippen LogP contribution in [0.4, 0.5) is 13.2 Å². The van der Waals surface area contributed by atoms with Gasteiger partial charge in [-0.1, -0.05) is 17.7 Å². The zero-order valence-corrected chi connectivity index (χ0v) is 13.7. The molecule has 0 radical (unpaired) electrons. The lowest BCUT2D eigenvalue weighted by Gasteiger charge is -2.25. The Bertz CT molecular complexity index is 638. The Labute approximate surface area is 137 Å². The number of sulfonamides is 1. The first-order valence-electron chi connectivity index (χ1n) is 6.27. The van der Waals surface area contributed by atoms with Crippen molar-refractivity contribution < 1.29 is 21.6 Å². The van der Waals surface area contributed by atoms with Gasteiger partial charge in [0.2, 0.25) is 10.0 Å². The van der Waals surface area contributed by atoms with Gasteiger partial charge in [-0.2, -0.15) is 17.5 Å². The molecule has 2 rings (SSSR count). The minimum Gasteiger partial charge on any atom is -0.329 e. The summed E-state index contributed by atoms with van der Waals surface area (Å²) in [4.78, 5) is -0.889. The fraction of sp³-hybridized carbons (Fsp3) is 0.500. The number of hydrogen-bond acceptors (Lipinski definition) is 3. The largest absolute Gasteiger partial charge is 0.417 e. The summed E-state index contributed by atoms with van der Waals surface area (Å²) in [6, 6.07) is 2.44. The van der Waals surface area contributed by atoms with Crippen molar-refractivity contribution in [1.29, 1.82) is 0 Å². The molecule has 1 fully saturated rings. The van der Waals surface area contributed by atoms with Crippen LogP contribution in [0, 0.1) is 0 Å². The second-order valence-electron chi connectivity index (χ2n) is 4.76. The van der Waals surface area contributed by atoms with E-state index in [4.69, 9.17) is 17.3 Å². The van der Waals surface area contributed by atoms with Crippen LogP contribution in [-0.2, 0) is 16.2 Å². The first-order valence-corrected chi connectivity index (χ1v) is 8.09. The summed E-state index contributed by atoms with van der Waals surface area (Å²) < 4.78 is 65.3. The Morgan fingerprint density at radius 2 is 2.00 bits per heavy atom. The highest BCUT2D eigenvalue weighted by atomic mass is 35.5. The molecule has 0 aromatic heterocycles. The predicted octanol–water partition coefficient (Wildman–Crippen LogP) is 2.89. The Hall–Kier alpha value is -0.540. The third-order valence-corrected chi connectivity index (χ3v) is 5.92. The van der Waals surface area contributed by atoms with Gasteiger partial charge >= 0.3 is 6.18 Å². The van der Waals surface area contributed by atoms with E-state index in [9.17, 15) is 21.6 Å². The number of nitrogens with two attached hydrogens (primary N) is 1. The zero-order chi connectivity index (χ0) is 15.8. The van der Waals surface area contributed by atoms with Crippen LogP contribution >= 0.6 is 24.0 Å². The van der Waals surface area contributed by atoms with Crippen LogP contribution in [0.3, 0.4) is 0 Å². The van der Waals surface area contributed by atoms with E-state index >= 15 is 0 Å². The zero-order valence-electron chi connectivity index (χ0n) is 11.3. The van der Waals surface area contributed by atoms with E-state index in [1.807, 2.05) is 0 Å². The third kappa shape index (κ3) is 3.51. The highest BCUT2D eigenvalue weighted by Crippen LogP contribution is 2.40. The molecule has 126 valence electrons. The highest BCUT2D eigenvalue weighted by molar-refractivity contribution is 7.89. The second-order valence-corrected chi connectivity index (χ2v) is 7.00. The molecule has 1 aromatic rings. The van der Waals surface area contributed by atoms with Gasteiger partial charge in [-0.25, -0.2) is 8.42 Å². The van der Waals surface area contributed by atoms with E-state index in [-0.39, 0.29) is 25.5 Å². The molecule has 0 spiro atoms. The summed E-state index contributed by atoms with van der Waals surface area (Å²) in [6.07, 6.45) is -3.71. The summed E-state index contributed by atoms with van der Waals surface area (Å²) in [6.45, 7) is 0.206. The van der Waals surface area contributed by atoms with E-state index in [1.165, 1.54) is 0 Å². The van der Waals surface area contributed by atoms with Crippen LogP contribution in [0.5, 0.6) is 0 Å². The molecule has 1 aromatic carbocycles. The molecule has 4 nitrogen and oxygen atoms in total. The van der Waals surface area contributed by atoms with Gasteiger partial charge in [0.05, 0.1) is 10.6 Å². The Kier molecular flexibility index (Phi) is 6.14. The minimum absolute atomic E-state index is 0. The lowest BCUT2D eigenvalue weighted by atomic mass is 10.2. The van der Waals surface area contributed by atoms with Crippen LogP contribution in [-0.4, -0.2) is 31.9 Å². The smallest absolute Gasteiger partial charge is 0.329 e. The van der Waals surface area contributed by atoms with Crippen molar-refractivity contribution in [3.8, 4) is 0 Å². The van der Waals surface area contributed by atoms with Crippen molar-refractivity contribution in [1.82, 2.24) is 4.31 Å². The third-order valence-electron chi connectivity index (χ3n) is 3.43. The van der Waals surface area contributed by atoms with Crippen LogP contribution in [0.25, 0.3) is 0 Å². The Morgan fingerprint density at radius 1 is 1.36 bits per heavy atom. The fourth-order valence-corrected chi connectivity index (χ4v) is 4.90. The molecule has 0 bridgehead atoms. The fourth-order valence-electron chi connectivity index (χ4n) is 2.47. The molecule has 1 atom stereocenters. The van der Waals surface area contributed by atoms with E-state index in [2.05, 4.69) is 0 Å². The van der Waals surface area contributed by atoms with Gasteiger partial charge in [0, 0.05) is 19.1 Å². The van der Waals surface area contributed by atoms with Crippen LogP contribution in [0.2, 0.25) is 5.02 Å². The lowest BCUT2D eigenvalue weighted by Crippen LogP contribution is -2.40. The molecule has 0 amide bonds. The topological polar surface area (TPSA) is 63.4 Å². The number of alkyl halides is 3. The predicted molar refractivity (Wildman–Crippen MR) is 79.7 cm³/mol. The first kappa shape index (κ1) is 19.5. The van der Waals surface area contributed by atoms with Gasteiger partial charge in [0.1, 0.15) is 4.90 Å². The summed E-state index contributed by atoms with van der Waals surface area (Å²) in [5, 5.41) is -0.438. The molecule has 0 saturated carbocycles. The van der Waals surface area contributed by atoms with Gasteiger partial charge < -0.3 is 5.73 Å². The molecule has 22 heavy (non-hydrogen) atoms. The van der Waals surface area contributed by atoms with Crippen molar-refractivity contribution in [3.05, 3.63) is 28.8 Å². The van der Waals surface area contributed by atoms with Gasteiger partial charge in [-0.15, -0.1) is 12.4 Å². The number of rotatable bonds is 3. The van der Waals surface area contributed by atoms with E-state index in [1.54, 1.807) is 0 Å². The Morgan fingerprint density at radius 3 is 2.55 bits per heavy atom. The summed E-state index contributed by atoms with van der Waals surface area (Å²) in [5.41, 5.74) is 4.25. The van der Waals surface area contributed by atoms with Crippen molar-refractivity contribution >= 4 is 34.0 Å². The van der Waals surface area contributed by atoms with Crippen LogP contribution < -0.4 is 5.73 Å². The molecule has 0 aliphatic carbocycles. The molecule has 1 unspecified atom stereocenters. The highest BCUT2D eigenvalue weighted by Gasteiger charge is 2.43. The molecule has 1 aliphatic heterocycles. The van der Waals surface area contributed by atoms with Crippen LogP contribution in [0.1, 0.15) is 18.4 Å². The summed E-state index contributed by atoms with van der Waals surface area (Å²) in [7, 11) is -4.34. The van der Waals surface area contributed by atoms with Gasteiger partial charge in [0.15, 0.2) is 0 Å². The minimum atomic E-state index is -4.80. The molecule has 10 heteroatoms. The summed E-state index contributed by atoms with van der Waals surface area (Å²) >= 11 is 5.75. The van der Waals surface area contributed by atoms with E-state index < -0.39 is 37.7 Å². The molecular formula is C12H15Cl2F3N2O2S. The molecule has 1 aliphatic rings. The number of benzene rings is 1. The molecule has 2 N–H and O–H groups in total. The maximum absolute atomic E-state index is 13.1. The van der Waals surface area contributed by atoms with Gasteiger partial charge in [-0.05, 0) is 25.0 Å². The maximum Gasteiger partial charge on any atom is 0.417 e. The van der Waals surface area contributed by atoms with Crippen molar-refractivity contribution in [3.63, 3.8) is 0 Å². The monoisotopic (exact) mass is 378 g/mol. The van der Waals surface area contributed by atoms with E-state index in [0.29, 0.717) is 18.9 Å². The van der Waals surface area contributed by atoms with Crippen molar-refractivity contribution in [2.24, 2.45) is 5.73 Å². The van der Waals surface area contributed by atoms with E-state index in [0.717, 1.165) is 16.4 Å². The van der Waals surface area contributed by atoms with Gasteiger partial charge in [0.25, 0.3) is 0 Å². The number of halogens is 5. The maximum atomic E-state index is 13.1. The average Bonchev–Trinajstić information content (AvgIpc) is 2.86. The second kappa shape index (κ2) is 6.92. The lowest BCUT2D eigenvalue weighted by molar-refractivity contribution is -0.139. The molecule has 1 heterocycles. The Balaban J connectivity index is 0.00000242. The average molecular weight is 379 g/mol. The van der Waals surface area contributed by atoms with Gasteiger partial charge in [-0.3, -0.25) is 0 Å². The SMILES string of the molecule is Cl.NCC1CCCN1S(=O)(=O)c1c(Cl)cccc1C(F)(F)F. The normalized spacial score (nSPS) is 20.0. The van der Waals surface area contributed by atoms with Crippen molar-refractivity contribution in [2.45, 2.75) is 30.0 Å². The first-order chi connectivity index (χ1) is 9.69. The molecular weight excluding hydrogens is 364 g/mol. The number of hydrogen-bond donors (Lipinski definition) is 1. The van der Waals surface area contributed by atoms with Crippen molar-refractivity contribution in [2.75, 3.05) is 13.1 Å². The summed E-state index contributed by atoms with van der Waals surface area (Å²) in [5.74, 6) is 0. The standard InChI is InChI=1S/C12H14ClF3N2O2S.ClH/c13-10-5-1-4-9(12(14,15)16)11(10)21(19,20)18-6-2-3-8(18)7-17;/h1,4-5,8H,2-3,6-7,17H2;1H. The number of nitrogens with zero attached hydrogens (tertiary/aromatic N) is 1. The van der Waals surface area contributed by atoms with Crippen LogP contribution in [0.15, 0.2) is 23.1 Å². The molecule has 1 saturated heterocycles.